The van der Waals surface area contributed by atoms with Gasteiger partial charge in [-0.1, -0.05) is 54.6 Å². The van der Waals surface area contributed by atoms with Crippen molar-refractivity contribution in [2.75, 3.05) is 0 Å². The van der Waals surface area contributed by atoms with E-state index in [1.165, 1.54) is 4.57 Å². The van der Waals surface area contributed by atoms with Gasteiger partial charge in [-0.2, -0.15) is 0 Å². The second-order valence-corrected chi connectivity index (χ2v) is 7.94. The third-order valence-electron chi connectivity index (χ3n) is 5.84. The summed E-state index contributed by atoms with van der Waals surface area (Å²) in [5.41, 5.74) is 3.63. The number of rotatable bonds is 3. The van der Waals surface area contributed by atoms with Crippen LogP contribution < -0.4 is 11.2 Å². The van der Waals surface area contributed by atoms with Gasteiger partial charge in [0.15, 0.2) is 0 Å². The molecule has 1 N–H and O–H groups in total. The molecular formula is C27H21N3O3. The van der Waals surface area contributed by atoms with Crippen molar-refractivity contribution in [3.05, 3.63) is 116 Å². The van der Waals surface area contributed by atoms with Gasteiger partial charge >= 0.3 is 5.69 Å². The summed E-state index contributed by atoms with van der Waals surface area (Å²) >= 11 is 0. The van der Waals surface area contributed by atoms with Gasteiger partial charge < -0.3 is 5.11 Å². The number of aryl methyl sites for hydroxylation is 2. The summed E-state index contributed by atoms with van der Waals surface area (Å²) in [6.07, 6.45) is 3.25. The average Bonchev–Trinajstić information content (AvgIpc) is 3.22. The number of para-hydroxylation sites is 3. The van der Waals surface area contributed by atoms with Crippen LogP contribution in [0.25, 0.3) is 23.0 Å². The SMILES string of the molecule is Cc1ccccc1-n1c(O)c(/C=C2\C=Nc3ccccc32)c(=O)n(-c2ccccc2C)c1=O. The molecule has 162 valence electrons. The Hall–Kier alpha value is -4.45. The second-order valence-electron chi connectivity index (χ2n) is 7.94. The van der Waals surface area contributed by atoms with Crippen LogP contribution in [0.5, 0.6) is 5.88 Å². The van der Waals surface area contributed by atoms with Crippen LogP contribution in [-0.2, 0) is 0 Å². The Morgan fingerprint density at radius 2 is 1.36 bits per heavy atom. The first-order chi connectivity index (χ1) is 16.0. The van der Waals surface area contributed by atoms with Crippen molar-refractivity contribution in [2.24, 2.45) is 4.99 Å². The lowest BCUT2D eigenvalue weighted by Crippen LogP contribution is -2.39. The molecule has 0 bridgehead atoms. The molecule has 0 saturated heterocycles. The minimum atomic E-state index is -0.635. The summed E-state index contributed by atoms with van der Waals surface area (Å²) < 4.78 is 2.31. The van der Waals surface area contributed by atoms with E-state index in [1.807, 2.05) is 62.4 Å². The minimum absolute atomic E-state index is 0.0132. The highest BCUT2D eigenvalue weighted by Crippen LogP contribution is 2.33. The van der Waals surface area contributed by atoms with Crippen molar-refractivity contribution in [2.45, 2.75) is 13.8 Å². The zero-order valence-electron chi connectivity index (χ0n) is 18.2. The fraction of sp³-hybridized carbons (Fsp3) is 0.0741. The Kier molecular flexibility index (Phi) is 4.90. The quantitative estimate of drug-likeness (QED) is 0.512. The largest absolute Gasteiger partial charge is 0.494 e. The number of nitrogens with zero attached hydrogens (tertiary/aromatic N) is 3. The molecular weight excluding hydrogens is 414 g/mol. The molecule has 0 aliphatic carbocycles. The van der Waals surface area contributed by atoms with Crippen molar-refractivity contribution in [1.29, 1.82) is 0 Å². The maximum atomic E-state index is 13.6. The van der Waals surface area contributed by atoms with E-state index in [4.69, 9.17) is 0 Å². The van der Waals surface area contributed by atoms with Crippen molar-refractivity contribution in [1.82, 2.24) is 9.13 Å². The summed E-state index contributed by atoms with van der Waals surface area (Å²) in [5.74, 6) is -0.408. The van der Waals surface area contributed by atoms with Crippen LogP contribution in [0.3, 0.4) is 0 Å². The number of hydrogen-bond donors (Lipinski definition) is 1. The lowest BCUT2D eigenvalue weighted by molar-refractivity contribution is 0.426. The summed E-state index contributed by atoms with van der Waals surface area (Å²) in [6, 6.07) is 22.0. The fourth-order valence-corrected chi connectivity index (χ4v) is 4.11. The van der Waals surface area contributed by atoms with Crippen LogP contribution in [0.2, 0.25) is 0 Å². The Labute approximate surface area is 190 Å². The van der Waals surface area contributed by atoms with Crippen LogP contribution in [0, 0.1) is 13.8 Å². The van der Waals surface area contributed by atoms with E-state index in [-0.39, 0.29) is 5.56 Å². The first-order valence-electron chi connectivity index (χ1n) is 10.6. The number of hydrogen-bond acceptors (Lipinski definition) is 4. The van der Waals surface area contributed by atoms with E-state index in [2.05, 4.69) is 4.99 Å². The summed E-state index contributed by atoms with van der Waals surface area (Å²) in [6.45, 7) is 3.69. The normalized spacial score (nSPS) is 13.5. The van der Waals surface area contributed by atoms with Gasteiger partial charge in [-0.15, -0.1) is 0 Å². The first kappa shape index (κ1) is 20.5. The van der Waals surface area contributed by atoms with Gasteiger partial charge in [-0.3, -0.25) is 9.79 Å². The number of aromatic hydroxyl groups is 1. The molecule has 0 amide bonds. The lowest BCUT2D eigenvalue weighted by Gasteiger charge is -2.17. The fourth-order valence-electron chi connectivity index (χ4n) is 4.11. The van der Waals surface area contributed by atoms with Gasteiger partial charge in [0.1, 0.15) is 5.56 Å². The van der Waals surface area contributed by atoms with E-state index in [0.717, 1.165) is 26.9 Å². The first-order valence-corrected chi connectivity index (χ1v) is 10.6. The van der Waals surface area contributed by atoms with Crippen LogP contribution in [0.15, 0.2) is 87.4 Å². The van der Waals surface area contributed by atoms with E-state index >= 15 is 0 Å². The highest BCUT2D eigenvalue weighted by Gasteiger charge is 2.22. The van der Waals surface area contributed by atoms with Gasteiger partial charge in [-0.25, -0.2) is 13.9 Å². The van der Waals surface area contributed by atoms with Gasteiger partial charge in [0, 0.05) is 17.4 Å². The van der Waals surface area contributed by atoms with E-state index in [1.54, 1.807) is 36.6 Å². The smallest absolute Gasteiger partial charge is 0.343 e. The van der Waals surface area contributed by atoms with Gasteiger partial charge in [0.25, 0.3) is 5.56 Å². The van der Waals surface area contributed by atoms with Gasteiger partial charge in [0.05, 0.1) is 17.1 Å². The molecule has 1 aliphatic heterocycles. The highest BCUT2D eigenvalue weighted by atomic mass is 16.3. The number of aromatic nitrogens is 2. The molecule has 0 unspecified atom stereocenters. The van der Waals surface area contributed by atoms with Crippen LogP contribution in [0.4, 0.5) is 5.69 Å². The predicted molar refractivity (Wildman–Crippen MR) is 131 cm³/mol. The van der Waals surface area contributed by atoms with Crippen molar-refractivity contribution < 1.29 is 5.11 Å². The molecule has 2 heterocycles. The Morgan fingerprint density at radius 1 is 0.788 bits per heavy atom. The number of fused-ring (bicyclic) bond motifs is 1. The zero-order valence-corrected chi connectivity index (χ0v) is 18.2. The molecule has 6 heteroatoms. The number of allylic oxidation sites excluding steroid dienone is 1. The summed E-state index contributed by atoms with van der Waals surface area (Å²) in [5, 5.41) is 11.2. The van der Waals surface area contributed by atoms with E-state index in [0.29, 0.717) is 16.9 Å². The van der Waals surface area contributed by atoms with E-state index in [9.17, 15) is 14.7 Å². The second kappa shape index (κ2) is 7.91. The molecule has 0 atom stereocenters. The Balaban J connectivity index is 1.88. The van der Waals surface area contributed by atoms with E-state index < -0.39 is 17.1 Å². The predicted octanol–water partition coefficient (Wildman–Crippen LogP) is 4.57. The third kappa shape index (κ3) is 3.32. The number of aliphatic imine (C=N–C) groups is 1. The Bertz CT molecular complexity index is 1590. The third-order valence-corrected chi connectivity index (χ3v) is 5.84. The Morgan fingerprint density at radius 3 is 2.03 bits per heavy atom. The molecule has 3 aromatic carbocycles. The molecule has 0 spiro atoms. The molecule has 6 nitrogen and oxygen atoms in total. The minimum Gasteiger partial charge on any atom is -0.494 e. The number of benzene rings is 3. The molecule has 0 saturated carbocycles. The standard InChI is InChI=1S/C27H21N3O3/c1-17-9-3-7-13-23(17)29-25(31)21(15-19-16-28-22-12-6-5-11-20(19)22)26(32)30(27(29)33)24-14-8-4-10-18(24)2/h3-16,31H,1-2H3/b19-15+. The summed E-state index contributed by atoms with van der Waals surface area (Å²) in [4.78, 5) is 31.6. The molecule has 1 aromatic heterocycles. The summed E-state index contributed by atoms with van der Waals surface area (Å²) in [7, 11) is 0. The van der Waals surface area contributed by atoms with Crippen LogP contribution >= 0.6 is 0 Å². The maximum Gasteiger partial charge on any atom is 0.343 e. The average molecular weight is 435 g/mol. The molecule has 4 aromatic rings. The zero-order chi connectivity index (χ0) is 23.1. The molecule has 5 rings (SSSR count). The molecule has 0 radical (unpaired) electrons. The topological polar surface area (TPSA) is 76.6 Å². The van der Waals surface area contributed by atoms with Crippen molar-refractivity contribution >= 4 is 23.6 Å². The van der Waals surface area contributed by atoms with Crippen molar-refractivity contribution in [3.8, 4) is 17.3 Å². The lowest BCUT2D eigenvalue weighted by atomic mass is 10.0. The van der Waals surface area contributed by atoms with Crippen LogP contribution in [0.1, 0.15) is 22.3 Å². The van der Waals surface area contributed by atoms with Gasteiger partial charge in [0.2, 0.25) is 5.88 Å². The molecule has 1 aliphatic rings. The monoisotopic (exact) mass is 435 g/mol. The molecule has 0 fully saturated rings. The molecule has 33 heavy (non-hydrogen) atoms. The maximum absolute atomic E-state index is 13.6. The van der Waals surface area contributed by atoms with Crippen LogP contribution in [-0.4, -0.2) is 20.5 Å². The highest BCUT2D eigenvalue weighted by molar-refractivity contribution is 6.21. The van der Waals surface area contributed by atoms with Gasteiger partial charge in [-0.05, 0) is 49.2 Å². The van der Waals surface area contributed by atoms with Crippen molar-refractivity contribution in [3.63, 3.8) is 0 Å².